The number of nitrogens with one attached hydrogen (secondary N) is 2. The summed E-state index contributed by atoms with van der Waals surface area (Å²) in [5.41, 5.74) is 0.804. The van der Waals surface area contributed by atoms with Crippen LogP contribution in [0.15, 0.2) is 46.6 Å². The molecule has 0 aliphatic rings. The maximum absolute atomic E-state index is 11.6. The number of pyridine rings is 1. The highest BCUT2D eigenvalue weighted by Gasteiger charge is 2.17. The summed E-state index contributed by atoms with van der Waals surface area (Å²) in [6.45, 7) is 0. The molecule has 0 spiro atoms. The molecule has 136 valence electrons. The van der Waals surface area contributed by atoms with Gasteiger partial charge in [-0.05, 0) is 12.1 Å². The molecule has 0 fully saturated rings. The Labute approximate surface area is 149 Å². The van der Waals surface area contributed by atoms with Crippen LogP contribution < -0.4 is 15.4 Å². The van der Waals surface area contributed by atoms with Crippen molar-refractivity contribution in [2.24, 2.45) is 10.2 Å². The molecule has 2 rings (SSSR count). The molecule has 0 bridgehead atoms. The van der Waals surface area contributed by atoms with Gasteiger partial charge in [0, 0.05) is 6.07 Å². The fraction of sp³-hybridized carbons (Fsp3) is 0.188. The second kappa shape index (κ2) is 8.97. The number of ether oxygens (including phenoxy) is 3. The number of azo groups is 1. The van der Waals surface area contributed by atoms with Gasteiger partial charge in [0.25, 0.3) is 0 Å². The zero-order valence-corrected chi connectivity index (χ0v) is 14.3. The van der Waals surface area contributed by atoms with Crippen molar-refractivity contribution >= 4 is 35.2 Å². The highest BCUT2D eigenvalue weighted by Crippen LogP contribution is 2.34. The maximum Gasteiger partial charge on any atom is 0.412 e. The number of aromatic nitrogens is 1. The SMILES string of the molecule is COC(=O)Nc1nc(NC(=O)OC)c(OC)cc1/N=N/c1ccccc1. The van der Waals surface area contributed by atoms with Gasteiger partial charge in [0.2, 0.25) is 0 Å². The molecule has 26 heavy (non-hydrogen) atoms. The molecule has 0 atom stereocenters. The molecular weight excluding hydrogens is 342 g/mol. The molecule has 2 amide bonds. The minimum Gasteiger partial charge on any atom is -0.493 e. The quantitative estimate of drug-likeness (QED) is 0.781. The number of anilines is 2. The van der Waals surface area contributed by atoms with Crippen molar-refractivity contribution in [3.63, 3.8) is 0 Å². The van der Waals surface area contributed by atoms with Gasteiger partial charge in [-0.2, -0.15) is 5.11 Å². The number of nitrogens with zero attached hydrogens (tertiary/aromatic N) is 3. The lowest BCUT2D eigenvalue weighted by Gasteiger charge is -2.12. The van der Waals surface area contributed by atoms with Crippen LogP contribution >= 0.6 is 0 Å². The number of carbonyl (C=O) groups is 2. The average Bonchev–Trinajstić information content (AvgIpc) is 2.67. The van der Waals surface area contributed by atoms with E-state index in [1.165, 1.54) is 27.4 Å². The molecule has 1 aromatic carbocycles. The molecule has 0 radical (unpaired) electrons. The van der Waals surface area contributed by atoms with Gasteiger partial charge in [0.15, 0.2) is 17.4 Å². The van der Waals surface area contributed by atoms with Gasteiger partial charge in [-0.25, -0.2) is 14.6 Å². The second-order valence-corrected chi connectivity index (χ2v) is 4.68. The monoisotopic (exact) mass is 359 g/mol. The lowest BCUT2D eigenvalue weighted by Crippen LogP contribution is -2.16. The zero-order valence-electron chi connectivity index (χ0n) is 14.3. The van der Waals surface area contributed by atoms with Crippen molar-refractivity contribution < 1.29 is 23.8 Å². The normalized spacial score (nSPS) is 10.3. The average molecular weight is 359 g/mol. The molecule has 0 aliphatic carbocycles. The van der Waals surface area contributed by atoms with E-state index in [9.17, 15) is 9.59 Å². The van der Waals surface area contributed by atoms with E-state index >= 15 is 0 Å². The number of benzene rings is 1. The second-order valence-electron chi connectivity index (χ2n) is 4.68. The first-order valence-corrected chi connectivity index (χ1v) is 7.33. The number of hydrogen-bond acceptors (Lipinski definition) is 8. The van der Waals surface area contributed by atoms with Crippen molar-refractivity contribution in [1.82, 2.24) is 4.98 Å². The smallest absolute Gasteiger partial charge is 0.412 e. The Morgan fingerprint density at radius 2 is 1.54 bits per heavy atom. The summed E-state index contributed by atoms with van der Waals surface area (Å²) in [6.07, 6.45) is -1.51. The van der Waals surface area contributed by atoms with E-state index in [0.29, 0.717) is 5.69 Å². The summed E-state index contributed by atoms with van der Waals surface area (Å²) in [5.74, 6) is 0.251. The molecule has 1 aromatic heterocycles. The van der Waals surface area contributed by atoms with Gasteiger partial charge in [-0.3, -0.25) is 10.6 Å². The molecule has 1 heterocycles. The Morgan fingerprint density at radius 1 is 0.923 bits per heavy atom. The molecular formula is C16H17N5O5. The molecule has 0 saturated carbocycles. The Bertz CT molecular complexity index is 810. The Morgan fingerprint density at radius 3 is 2.12 bits per heavy atom. The third-order valence-corrected chi connectivity index (χ3v) is 3.03. The molecule has 2 N–H and O–H groups in total. The first kappa shape index (κ1) is 18.6. The standard InChI is InChI=1S/C16H17N5O5/c1-24-12-9-11(21-20-10-7-5-4-6-8-10)13(18-15(22)25-2)17-14(12)19-16(23)26-3/h4-9H,1-3H3,(H2,17,18,19,22,23)/b21-20+. The van der Waals surface area contributed by atoms with E-state index in [0.717, 1.165) is 0 Å². The lowest BCUT2D eigenvalue weighted by atomic mass is 10.3. The predicted molar refractivity (Wildman–Crippen MR) is 93.5 cm³/mol. The van der Waals surface area contributed by atoms with Crippen LogP contribution in [0.5, 0.6) is 5.75 Å². The van der Waals surface area contributed by atoms with Gasteiger partial charge in [0.1, 0.15) is 5.69 Å². The summed E-state index contributed by atoms with van der Waals surface area (Å²) in [6, 6.07) is 10.4. The minimum absolute atomic E-state index is 0.0173. The predicted octanol–water partition coefficient (Wildman–Crippen LogP) is 3.86. The molecule has 10 nitrogen and oxygen atoms in total. The van der Waals surface area contributed by atoms with Gasteiger partial charge in [-0.1, -0.05) is 18.2 Å². The van der Waals surface area contributed by atoms with Crippen molar-refractivity contribution in [1.29, 1.82) is 0 Å². The van der Waals surface area contributed by atoms with Crippen molar-refractivity contribution in [3.8, 4) is 5.75 Å². The lowest BCUT2D eigenvalue weighted by molar-refractivity contribution is 0.186. The third kappa shape index (κ3) is 4.90. The van der Waals surface area contributed by atoms with Crippen LogP contribution in [0.4, 0.5) is 32.6 Å². The van der Waals surface area contributed by atoms with Crippen LogP contribution in [0, 0.1) is 0 Å². The number of carbonyl (C=O) groups excluding carboxylic acids is 2. The highest BCUT2D eigenvalue weighted by molar-refractivity contribution is 5.90. The van der Waals surface area contributed by atoms with Gasteiger partial charge >= 0.3 is 12.2 Å². The summed E-state index contributed by atoms with van der Waals surface area (Å²) >= 11 is 0. The molecule has 0 aliphatic heterocycles. The zero-order chi connectivity index (χ0) is 18.9. The number of amides is 2. The van der Waals surface area contributed by atoms with E-state index in [4.69, 9.17) is 4.74 Å². The van der Waals surface area contributed by atoms with E-state index in [2.05, 4.69) is 35.3 Å². The summed E-state index contributed by atoms with van der Waals surface area (Å²) in [7, 11) is 3.81. The maximum atomic E-state index is 11.6. The van der Waals surface area contributed by atoms with E-state index in [-0.39, 0.29) is 23.1 Å². The Balaban J connectivity index is 2.44. The van der Waals surface area contributed by atoms with Crippen LogP contribution in [0.3, 0.4) is 0 Å². The van der Waals surface area contributed by atoms with Crippen molar-refractivity contribution in [2.75, 3.05) is 32.0 Å². The molecule has 0 saturated heterocycles. The summed E-state index contributed by atoms with van der Waals surface area (Å²) in [4.78, 5) is 27.1. The fourth-order valence-corrected chi connectivity index (χ4v) is 1.80. The number of rotatable bonds is 5. The Kier molecular flexibility index (Phi) is 6.43. The molecule has 2 aromatic rings. The third-order valence-electron chi connectivity index (χ3n) is 3.03. The van der Waals surface area contributed by atoms with E-state index < -0.39 is 12.2 Å². The van der Waals surface area contributed by atoms with Gasteiger partial charge in [0.05, 0.1) is 27.0 Å². The van der Waals surface area contributed by atoms with Gasteiger partial charge < -0.3 is 14.2 Å². The van der Waals surface area contributed by atoms with Crippen LogP contribution in [-0.2, 0) is 9.47 Å². The summed E-state index contributed by atoms with van der Waals surface area (Å²) in [5, 5.41) is 12.9. The molecule has 0 unspecified atom stereocenters. The first-order chi connectivity index (χ1) is 12.6. The fourth-order valence-electron chi connectivity index (χ4n) is 1.80. The first-order valence-electron chi connectivity index (χ1n) is 7.33. The van der Waals surface area contributed by atoms with Crippen LogP contribution in [0.25, 0.3) is 0 Å². The van der Waals surface area contributed by atoms with Crippen molar-refractivity contribution in [2.45, 2.75) is 0 Å². The molecule has 10 heteroatoms. The van der Waals surface area contributed by atoms with Crippen LogP contribution in [0.2, 0.25) is 0 Å². The largest absolute Gasteiger partial charge is 0.493 e. The number of hydrogen-bond donors (Lipinski definition) is 2. The summed E-state index contributed by atoms with van der Waals surface area (Å²) < 4.78 is 14.3. The Hall–Kier alpha value is -3.69. The van der Waals surface area contributed by atoms with Crippen LogP contribution in [0.1, 0.15) is 0 Å². The topological polar surface area (TPSA) is 124 Å². The minimum atomic E-state index is -0.761. The van der Waals surface area contributed by atoms with Gasteiger partial charge in [-0.15, -0.1) is 5.11 Å². The van der Waals surface area contributed by atoms with Crippen molar-refractivity contribution in [3.05, 3.63) is 36.4 Å². The highest BCUT2D eigenvalue weighted by atomic mass is 16.5. The number of methoxy groups -OCH3 is 3. The van der Waals surface area contributed by atoms with Crippen LogP contribution in [-0.4, -0.2) is 38.5 Å². The van der Waals surface area contributed by atoms with E-state index in [1.54, 1.807) is 12.1 Å². The van der Waals surface area contributed by atoms with E-state index in [1.807, 2.05) is 18.2 Å².